The topological polar surface area (TPSA) is 21.8 Å². The van der Waals surface area contributed by atoms with Crippen molar-refractivity contribution in [3.8, 4) is 5.75 Å². The zero-order valence-corrected chi connectivity index (χ0v) is 16.3. The minimum atomic E-state index is -0.953. The van der Waals surface area contributed by atoms with E-state index in [1.54, 1.807) is 18.2 Å². The fourth-order valence-corrected chi connectivity index (χ4v) is 4.42. The molecule has 1 saturated heterocycles. The summed E-state index contributed by atoms with van der Waals surface area (Å²) in [6.07, 6.45) is 4.13. The summed E-state index contributed by atoms with van der Waals surface area (Å²) in [6.45, 7) is 0.444. The van der Waals surface area contributed by atoms with Crippen LogP contribution in [0.25, 0.3) is 0 Å². The van der Waals surface area contributed by atoms with E-state index in [4.69, 9.17) is 9.47 Å². The highest BCUT2D eigenvalue weighted by molar-refractivity contribution is 5.32. The van der Waals surface area contributed by atoms with E-state index >= 15 is 0 Å². The van der Waals surface area contributed by atoms with Crippen LogP contribution in [0.3, 0.4) is 0 Å². The van der Waals surface area contributed by atoms with Crippen LogP contribution in [0.2, 0.25) is 0 Å². The maximum Gasteiger partial charge on any atom is 0.200 e. The number of methoxy groups -OCH3 is 1. The average molecular weight is 408 g/mol. The monoisotopic (exact) mass is 408 g/mol. The van der Waals surface area contributed by atoms with Gasteiger partial charge in [-0.1, -0.05) is 18.2 Å². The first-order valence-electron chi connectivity index (χ1n) is 10.1. The number of ether oxygens (including phenoxy) is 2. The van der Waals surface area contributed by atoms with Gasteiger partial charge in [-0.15, -0.1) is 0 Å². The van der Waals surface area contributed by atoms with Crippen LogP contribution in [0.15, 0.2) is 24.3 Å². The summed E-state index contributed by atoms with van der Waals surface area (Å²) in [5, 5.41) is 0. The number of rotatable bonds is 6. The molecule has 0 bridgehead atoms. The highest BCUT2D eigenvalue weighted by Crippen LogP contribution is 2.41. The first kappa shape index (κ1) is 20.2. The molecule has 1 aliphatic heterocycles. The third-order valence-corrected chi connectivity index (χ3v) is 6.28. The Morgan fingerprint density at radius 3 is 2.17 bits per heavy atom. The lowest BCUT2D eigenvalue weighted by Gasteiger charge is -2.29. The van der Waals surface area contributed by atoms with E-state index in [0.29, 0.717) is 35.6 Å². The van der Waals surface area contributed by atoms with Crippen molar-refractivity contribution in [3.05, 3.63) is 64.2 Å². The van der Waals surface area contributed by atoms with Gasteiger partial charge in [0.25, 0.3) is 0 Å². The van der Waals surface area contributed by atoms with E-state index < -0.39 is 23.3 Å². The molecule has 1 atom stereocenters. The van der Waals surface area contributed by atoms with Crippen molar-refractivity contribution in [1.82, 2.24) is 0 Å². The molecule has 0 amide bonds. The predicted molar refractivity (Wildman–Crippen MR) is 101 cm³/mol. The highest BCUT2D eigenvalue weighted by atomic mass is 19.2. The van der Waals surface area contributed by atoms with Crippen molar-refractivity contribution in [2.45, 2.75) is 50.5 Å². The van der Waals surface area contributed by atoms with Crippen LogP contribution in [0.4, 0.5) is 17.6 Å². The quantitative estimate of drug-likeness (QED) is 0.418. The van der Waals surface area contributed by atoms with Crippen LogP contribution >= 0.6 is 0 Å². The molecule has 2 nitrogen and oxygen atoms in total. The number of halogens is 4. The summed E-state index contributed by atoms with van der Waals surface area (Å²) >= 11 is 0. The van der Waals surface area contributed by atoms with Crippen LogP contribution in [-0.4, -0.2) is 13.7 Å². The summed E-state index contributed by atoms with van der Waals surface area (Å²) in [5.74, 6) is -3.09. The molecular formula is C23H24F4O2. The molecule has 2 fully saturated rings. The molecule has 0 aromatic heterocycles. The lowest BCUT2D eigenvalue weighted by Crippen LogP contribution is -2.16. The van der Waals surface area contributed by atoms with Gasteiger partial charge in [-0.25, -0.2) is 13.2 Å². The number of benzene rings is 2. The Morgan fingerprint density at radius 1 is 0.862 bits per heavy atom. The maximum absolute atomic E-state index is 14.5. The summed E-state index contributed by atoms with van der Waals surface area (Å²) < 4.78 is 66.6. The second-order valence-electron chi connectivity index (χ2n) is 8.01. The van der Waals surface area contributed by atoms with Gasteiger partial charge < -0.3 is 9.47 Å². The Balaban J connectivity index is 1.34. The summed E-state index contributed by atoms with van der Waals surface area (Å²) in [4.78, 5) is 0. The summed E-state index contributed by atoms with van der Waals surface area (Å²) in [6, 6.07) is 6.33. The van der Waals surface area contributed by atoms with Crippen molar-refractivity contribution < 1.29 is 27.0 Å². The Bertz CT molecular complexity index is 887. The van der Waals surface area contributed by atoms with Gasteiger partial charge in [0, 0.05) is 5.56 Å². The molecule has 1 saturated carbocycles. The Kier molecular flexibility index (Phi) is 5.81. The van der Waals surface area contributed by atoms with E-state index in [1.165, 1.54) is 13.2 Å². The fraction of sp³-hybridized carbons (Fsp3) is 0.478. The zero-order chi connectivity index (χ0) is 20.5. The standard InChI is InChI=1S/C23H24F4O2/c1-28-18-11-8-15(20(24)23(18)27)7-4-13-2-5-14(6-3-13)16-9-10-17(19-12-29-19)22(26)21(16)25/h8-11,13-14,19H,2-7,12H2,1H3. The predicted octanol–water partition coefficient (Wildman–Crippen LogP) is 6.23. The summed E-state index contributed by atoms with van der Waals surface area (Å²) in [7, 11) is 1.30. The maximum atomic E-state index is 14.5. The second kappa shape index (κ2) is 8.34. The van der Waals surface area contributed by atoms with Crippen molar-refractivity contribution >= 4 is 0 Å². The number of epoxide rings is 1. The van der Waals surface area contributed by atoms with Crippen LogP contribution in [0.1, 0.15) is 60.8 Å². The molecule has 1 unspecified atom stereocenters. The van der Waals surface area contributed by atoms with Gasteiger partial charge in [0.05, 0.1) is 13.7 Å². The lowest BCUT2D eigenvalue weighted by atomic mass is 9.76. The largest absolute Gasteiger partial charge is 0.494 e. The molecule has 2 aromatic rings. The van der Waals surface area contributed by atoms with Gasteiger partial charge in [0.15, 0.2) is 23.2 Å². The van der Waals surface area contributed by atoms with E-state index in [-0.39, 0.29) is 17.8 Å². The van der Waals surface area contributed by atoms with Gasteiger partial charge in [0.2, 0.25) is 5.82 Å². The molecular weight excluding hydrogens is 384 g/mol. The van der Waals surface area contributed by atoms with Crippen molar-refractivity contribution in [1.29, 1.82) is 0 Å². The molecule has 2 aromatic carbocycles. The molecule has 156 valence electrons. The Labute approximate surface area is 167 Å². The number of hydrogen-bond donors (Lipinski definition) is 0. The van der Waals surface area contributed by atoms with Gasteiger partial charge in [0.1, 0.15) is 6.10 Å². The highest BCUT2D eigenvalue weighted by Gasteiger charge is 2.32. The number of hydrogen-bond acceptors (Lipinski definition) is 2. The molecule has 1 heterocycles. The SMILES string of the molecule is COc1ccc(CCC2CCC(c3ccc(C4CO4)c(F)c3F)CC2)c(F)c1F. The minimum Gasteiger partial charge on any atom is -0.494 e. The molecule has 0 spiro atoms. The lowest BCUT2D eigenvalue weighted by molar-refractivity contribution is 0.302. The molecule has 4 rings (SSSR count). The molecule has 6 heteroatoms. The van der Waals surface area contributed by atoms with E-state index in [9.17, 15) is 17.6 Å². The Hall–Kier alpha value is -2.08. The van der Waals surface area contributed by atoms with Crippen molar-refractivity contribution in [2.75, 3.05) is 13.7 Å². The molecule has 29 heavy (non-hydrogen) atoms. The second-order valence-corrected chi connectivity index (χ2v) is 8.01. The van der Waals surface area contributed by atoms with Crippen LogP contribution < -0.4 is 4.74 Å². The normalized spacial score (nSPS) is 23.8. The molecule has 0 radical (unpaired) electrons. The molecule has 2 aliphatic rings. The first-order chi connectivity index (χ1) is 14.0. The van der Waals surface area contributed by atoms with Gasteiger partial charge in [-0.3, -0.25) is 0 Å². The molecule has 1 aliphatic carbocycles. The smallest absolute Gasteiger partial charge is 0.200 e. The van der Waals surface area contributed by atoms with Crippen molar-refractivity contribution in [3.63, 3.8) is 0 Å². The van der Waals surface area contributed by atoms with Crippen LogP contribution in [0.5, 0.6) is 5.75 Å². The minimum absolute atomic E-state index is 0.00918. The van der Waals surface area contributed by atoms with Crippen LogP contribution in [0, 0.1) is 29.2 Å². The van der Waals surface area contributed by atoms with Gasteiger partial charge >= 0.3 is 0 Å². The molecule has 0 N–H and O–H groups in total. The van der Waals surface area contributed by atoms with E-state index in [2.05, 4.69) is 0 Å². The van der Waals surface area contributed by atoms with E-state index in [1.807, 2.05) is 0 Å². The van der Waals surface area contributed by atoms with Crippen LogP contribution in [-0.2, 0) is 11.2 Å². The van der Waals surface area contributed by atoms with Crippen molar-refractivity contribution in [2.24, 2.45) is 5.92 Å². The van der Waals surface area contributed by atoms with Gasteiger partial charge in [-0.2, -0.15) is 4.39 Å². The van der Waals surface area contributed by atoms with E-state index in [0.717, 1.165) is 32.1 Å². The Morgan fingerprint density at radius 2 is 1.52 bits per heavy atom. The fourth-order valence-electron chi connectivity index (χ4n) is 4.42. The zero-order valence-electron chi connectivity index (χ0n) is 16.3. The van der Waals surface area contributed by atoms with Gasteiger partial charge in [-0.05, 0) is 67.6 Å². The third-order valence-electron chi connectivity index (χ3n) is 6.28. The average Bonchev–Trinajstić information content (AvgIpc) is 3.57. The first-order valence-corrected chi connectivity index (χ1v) is 10.1. The summed E-state index contributed by atoms with van der Waals surface area (Å²) in [5.41, 5.74) is 1.08. The third kappa shape index (κ3) is 4.13. The number of aryl methyl sites for hydroxylation is 1.